The summed E-state index contributed by atoms with van der Waals surface area (Å²) >= 11 is 0. The van der Waals surface area contributed by atoms with Crippen molar-refractivity contribution in [3.05, 3.63) is 12.4 Å². The Morgan fingerprint density at radius 2 is 2.00 bits per heavy atom. The molecule has 124 valence electrons. The number of likely N-dealkylation sites (tertiary alicyclic amines) is 1. The Morgan fingerprint density at radius 1 is 1.35 bits per heavy atom. The largest absolute Gasteiger partial charge is 0.498 e. The summed E-state index contributed by atoms with van der Waals surface area (Å²) in [6, 6.07) is 0. The monoisotopic (exact) mass is 319 g/mol. The predicted molar refractivity (Wildman–Crippen MR) is 83.6 cm³/mol. The van der Waals surface area contributed by atoms with Crippen molar-refractivity contribution in [2.45, 2.75) is 50.9 Å². The molecule has 23 heavy (non-hydrogen) atoms. The third kappa shape index (κ3) is 2.04. The van der Waals surface area contributed by atoms with E-state index >= 15 is 0 Å². The number of rotatable bonds is 2. The van der Waals surface area contributed by atoms with Crippen LogP contribution < -0.4 is 5.46 Å². The highest BCUT2D eigenvalue weighted by Crippen LogP contribution is 2.55. The summed E-state index contributed by atoms with van der Waals surface area (Å²) in [7, 11) is -0.431. The van der Waals surface area contributed by atoms with Gasteiger partial charge in [-0.1, -0.05) is 0 Å². The van der Waals surface area contributed by atoms with E-state index in [-0.39, 0.29) is 16.7 Å². The van der Waals surface area contributed by atoms with Crippen LogP contribution in [-0.4, -0.2) is 57.3 Å². The molecule has 0 bridgehead atoms. The van der Waals surface area contributed by atoms with Gasteiger partial charge in [-0.3, -0.25) is 4.68 Å². The minimum atomic E-state index is -0.852. The molecule has 2 atom stereocenters. The van der Waals surface area contributed by atoms with Gasteiger partial charge >= 0.3 is 13.2 Å². The van der Waals surface area contributed by atoms with Gasteiger partial charge in [0.15, 0.2) is 0 Å². The van der Waals surface area contributed by atoms with Crippen LogP contribution in [0.25, 0.3) is 0 Å². The lowest BCUT2D eigenvalue weighted by molar-refractivity contribution is 0.00578. The smallest absolute Gasteiger partial charge is 0.465 e. The number of aromatic nitrogens is 2. The average molecular weight is 319 g/mol. The number of nitrogens with zero attached hydrogens (tertiary/aromatic N) is 3. The summed E-state index contributed by atoms with van der Waals surface area (Å²) in [5, 5.41) is 13.6. The van der Waals surface area contributed by atoms with Crippen LogP contribution in [0.5, 0.6) is 0 Å². The van der Waals surface area contributed by atoms with Crippen LogP contribution in [-0.2, 0) is 14.8 Å². The van der Waals surface area contributed by atoms with Crippen LogP contribution >= 0.6 is 0 Å². The third-order valence-corrected chi connectivity index (χ3v) is 5.96. The number of fused-ring (bicyclic) bond motifs is 1. The van der Waals surface area contributed by atoms with Crippen molar-refractivity contribution < 1.29 is 19.2 Å². The van der Waals surface area contributed by atoms with Crippen LogP contribution in [0, 0.1) is 5.92 Å². The van der Waals surface area contributed by atoms with Crippen molar-refractivity contribution in [1.82, 2.24) is 14.7 Å². The van der Waals surface area contributed by atoms with Gasteiger partial charge in [-0.15, -0.1) is 0 Å². The Hall–Kier alpha value is -1.54. The summed E-state index contributed by atoms with van der Waals surface area (Å²) in [6.45, 7) is 9.20. The van der Waals surface area contributed by atoms with E-state index in [1.165, 1.54) is 4.90 Å². The van der Waals surface area contributed by atoms with Crippen molar-refractivity contribution in [3.8, 4) is 0 Å². The molecular weight excluding hydrogens is 297 g/mol. The molecule has 1 amide bonds. The normalized spacial score (nSPS) is 33.8. The molecule has 1 aliphatic carbocycles. The molecule has 3 aliphatic rings. The molecule has 0 aromatic carbocycles. The van der Waals surface area contributed by atoms with E-state index in [0.717, 1.165) is 11.9 Å². The second kappa shape index (κ2) is 4.30. The van der Waals surface area contributed by atoms with Gasteiger partial charge in [0.1, 0.15) is 0 Å². The second-order valence-electron chi connectivity index (χ2n) is 7.97. The molecule has 3 heterocycles. The lowest BCUT2D eigenvalue weighted by atomic mass is 9.82. The molecule has 0 radical (unpaired) electrons. The van der Waals surface area contributed by atoms with Gasteiger partial charge in [-0.25, -0.2) is 4.79 Å². The summed E-state index contributed by atoms with van der Waals surface area (Å²) in [5.74, 6) is 0.365. The first-order valence-electron chi connectivity index (χ1n) is 8.03. The zero-order valence-electron chi connectivity index (χ0n) is 13.9. The number of amides is 1. The Kier molecular flexibility index (Phi) is 2.81. The number of piperidine rings is 1. The Bertz CT molecular complexity index is 657. The molecule has 1 saturated carbocycles. The number of carboxylic acid groups (broad SMARTS) is 1. The molecule has 3 fully saturated rings. The van der Waals surface area contributed by atoms with Crippen LogP contribution in [0.1, 0.15) is 34.1 Å². The SMILES string of the molecule is CC1(C)OB(c2cnn(C34CC3CN(C(=O)O)C4)c2)OC1(C)C. The number of hydrogen-bond acceptors (Lipinski definition) is 4. The Labute approximate surface area is 135 Å². The lowest BCUT2D eigenvalue weighted by Crippen LogP contribution is -2.41. The number of hydrogen-bond donors (Lipinski definition) is 1. The Balaban J connectivity index is 1.54. The Morgan fingerprint density at radius 3 is 2.57 bits per heavy atom. The summed E-state index contributed by atoms with van der Waals surface area (Å²) < 4.78 is 14.0. The molecular formula is C15H22BN3O4. The van der Waals surface area contributed by atoms with E-state index < -0.39 is 13.2 Å². The zero-order chi connectivity index (χ0) is 16.6. The molecule has 8 heteroatoms. The second-order valence-corrected chi connectivity index (χ2v) is 7.97. The van der Waals surface area contributed by atoms with Gasteiger partial charge < -0.3 is 19.3 Å². The fraction of sp³-hybridized carbons (Fsp3) is 0.733. The van der Waals surface area contributed by atoms with E-state index in [1.54, 1.807) is 6.20 Å². The van der Waals surface area contributed by atoms with E-state index in [1.807, 2.05) is 38.6 Å². The highest BCUT2D eigenvalue weighted by Gasteiger charge is 2.63. The van der Waals surface area contributed by atoms with Gasteiger partial charge in [0, 0.05) is 36.9 Å². The molecule has 4 rings (SSSR count). The summed E-state index contributed by atoms with van der Waals surface area (Å²) in [6.07, 6.45) is 3.86. The van der Waals surface area contributed by atoms with Crippen LogP contribution in [0.15, 0.2) is 12.4 Å². The molecule has 7 nitrogen and oxygen atoms in total. The third-order valence-electron chi connectivity index (χ3n) is 5.96. The summed E-state index contributed by atoms with van der Waals surface area (Å²) in [5.41, 5.74) is -0.0425. The van der Waals surface area contributed by atoms with E-state index in [4.69, 9.17) is 14.4 Å². The molecule has 2 aliphatic heterocycles. The van der Waals surface area contributed by atoms with E-state index in [9.17, 15) is 4.79 Å². The van der Waals surface area contributed by atoms with E-state index in [2.05, 4.69) is 5.10 Å². The summed E-state index contributed by atoms with van der Waals surface area (Å²) in [4.78, 5) is 12.6. The van der Waals surface area contributed by atoms with Crippen molar-refractivity contribution in [2.75, 3.05) is 13.1 Å². The van der Waals surface area contributed by atoms with Gasteiger partial charge in [-0.05, 0) is 34.1 Å². The molecule has 1 aromatic heterocycles. The first kappa shape index (κ1) is 15.0. The van der Waals surface area contributed by atoms with Gasteiger partial charge in [0.25, 0.3) is 0 Å². The maximum atomic E-state index is 11.2. The zero-order valence-corrected chi connectivity index (χ0v) is 13.9. The first-order chi connectivity index (χ1) is 10.6. The molecule has 2 unspecified atom stereocenters. The maximum Gasteiger partial charge on any atom is 0.498 e. The predicted octanol–water partition coefficient (Wildman–Crippen LogP) is 0.891. The van der Waals surface area contributed by atoms with Crippen LogP contribution in [0.3, 0.4) is 0 Å². The molecule has 1 aromatic rings. The first-order valence-corrected chi connectivity index (χ1v) is 8.03. The van der Waals surface area contributed by atoms with Crippen LogP contribution in [0.4, 0.5) is 4.79 Å². The fourth-order valence-corrected chi connectivity index (χ4v) is 3.64. The molecule has 0 spiro atoms. The van der Waals surface area contributed by atoms with Crippen molar-refractivity contribution in [2.24, 2.45) is 5.92 Å². The van der Waals surface area contributed by atoms with Crippen molar-refractivity contribution in [3.63, 3.8) is 0 Å². The topological polar surface area (TPSA) is 76.8 Å². The number of carbonyl (C=O) groups is 1. The molecule has 2 saturated heterocycles. The highest BCUT2D eigenvalue weighted by atomic mass is 16.7. The lowest BCUT2D eigenvalue weighted by Gasteiger charge is -2.32. The highest BCUT2D eigenvalue weighted by molar-refractivity contribution is 6.62. The standard InChI is InChI=1S/C15H22BN3O4/c1-13(2)14(3,4)23-16(22-13)11-6-17-19(8-11)15-5-10(15)7-18(9-15)12(20)21/h6,8,10H,5,7,9H2,1-4H3,(H,20,21). The van der Waals surface area contributed by atoms with Crippen molar-refractivity contribution >= 4 is 18.7 Å². The minimum Gasteiger partial charge on any atom is -0.465 e. The maximum absolute atomic E-state index is 11.2. The van der Waals surface area contributed by atoms with E-state index in [0.29, 0.717) is 19.0 Å². The average Bonchev–Trinajstić information content (AvgIpc) is 2.83. The van der Waals surface area contributed by atoms with Gasteiger partial charge in [0.05, 0.1) is 16.7 Å². The van der Waals surface area contributed by atoms with Gasteiger partial charge in [0.2, 0.25) is 0 Å². The van der Waals surface area contributed by atoms with Crippen LogP contribution in [0.2, 0.25) is 0 Å². The fourth-order valence-electron chi connectivity index (χ4n) is 3.64. The minimum absolute atomic E-state index is 0.166. The molecule has 1 N–H and O–H groups in total. The van der Waals surface area contributed by atoms with Crippen molar-refractivity contribution in [1.29, 1.82) is 0 Å². The quantitative estimate of drug-likeness (QED) is 0.819. The van der Waals surface area contributed by atoms with Gasteiger partial charge in [-0.2, -0.15) is 5.10 Å².